The van der Waals surface area contributed by atoms with Crippen molar-refractivity contribution in [1.82, 2.24) is 19.9 Å². The molecule has 3 saturated heterocycles. The molecule has 7 nitrogen and oxygen atoms in total. The molecular formula is C16H17N7. The first kappa shape index (κ1) is 13.9. The Bertz CT molecular complexity index is 785. The number of nitriles is 1. The molecule has 0 saturated carbocycles. The zero-order valence-electron chi connectivity index (χ0n) is 13.1. The summed E-state index contributed by atoms with van der Waals surface area (Å²) in [5.41, 5.74) is 2.58. The van der Waals surface area contributed by atoms with Gasteiger partial charge in [0.15, 0.2) is 0 Å². The van der Waals surface area contributed by atoms with Gasteiger partial charge in [-0.3, -0.25) is 0 Å². The minimum atomic E-state index is 0.373. The van der Waals surface area contributed by atoms with Crippen LogP contribution in [0.4, 0.5) is 11.8 Å². The number of fused-ring (bicyclic) bond motifs is 2. The second-order valence-electron chi connectivity index (χ2n) is 6.12. The molecule has 3 fully saturated rings. The van der Waals surface area contributed by atoms with E-state index in [1.54, 1.807) is 18.6 Å². The van der Waals surface area contributed by atoms with E-state index in [0.29, 0.717) is 23.7 Å². The van der Waals surface area contributed by atoms with Crippen molar-refractivity contribution in [3.63, 3.8) is 0 Å². The van der Waals surface area contributed by atoms with Crippen LogP contribution >= 0.6 is 0 Å². The van der Waals surface area contributed by atoms with Crippen LogP contribution in [-0.4, -0.2) is 45.1 Å². The first-order valence-electron chi connectivity index (χ1n) is 7.72. The fourth-order valence-electron chi connectivity index (χ4n) is 3.49. The van der Waals surface area contributed by atoms with Crippen molar-refractivity contribution in [2.45, 2.75) is 32.4 Å². The summed E-state index contributed by atoms with van der Waals surface area (Å²) in [4.78, 5) is 22.0. The smallest absolute Gasteiger partial charge is 0.227 e. The highest BCUT2D eigenvalue weighted by Crippen LogP contribution is 2.37. The molecule has 5 heterocycles. The lowest BCUT2D eigenvalue weighted by atomic mass is 9.87. The van der Waals surface area contributed by atoms with E-state index < -0.39 is 0 Å². The number of aryl methyl sites for hydroxylation is 1. The van der Waals surface area contributed by atoms with Gasteiger partial charge in [-0.15, -0.1) is 0 Å². The maximum absolute atomic E-state index is 9.00. The largest absolute Gasteiger partial charge is 0.352 e. The maximum Gasteiger partial charge on any atom is 0.227 e. The molecule has 5 rings (SSSR count). The number of anilines is 2. The average Bonchev–Trinajstić information content (AvgIpc) is 2.57. The number of hydrogen-bond donors (Lipinski definition) is 0. The van der Waals surface area contributed by atoms with Crippen molar-refractivity contribution >= 4 is 11.8 Å². The van der Waals surface area contributed by atoms with Crippen LogP contribution in [0.25, 0.3) is 0 Å². The molecule has 2 atom stereocenters. The Kier molecular flexibility index (Phi) is 3.11. The van der Waals surface area contributed by atoms with E-state index in [1.165, 1.54) is 0 Å². The molecule has 0 amide bonds. The van der Waals surface area contributed by atoms with Gasteiger partial charge < -0.3 is 9.80 Å². The summed E-state index contributed by atoms with van der Waals surface area (Å²) in [5, 5.41) is 9.00. The number of piperidine rings is 1. The third-order valence-corrected chi connectivity index (χ3v) is 4.79. The monoisotopic (exact) mass is 307 g/mol. The lowest BCUT2D eigenvalue weighted by Crippen LogP contribution is -2.69. The summed E-state index contributed by atoms with van der Waals surface area (Å²) in [6.45, 7) is 5.88. The molecule has 3 aliphatic heterocycles. The lowest BCUT2D eigenvalue weighted by molar-refractivity contribution is 0.284. The normalized spacial score (nSPS) is 22.5. The van der Waals surface area contributed by atoms with Crippen LogP contribution in [0.5, 0.6) is 0 Å². The second-order valence-corrected chi connectivity index (χ2v) is 6.12. The molecule has 0 N–H and O–H groups in total. The van der Waals surface area contributed by atoms with Gasteiger partial charge in [-0.2, -0.15) is 5.26 Å². The number of rotatable bonds is 2. The van der Waals surface area contributed by atoms with Crippen LogP contribution in [-0.2, 0) is 0 Å². The fraction of sp³-hybridized carbons (Fsp3) is 0.438. The highest BCUT2D eigenvalue weighted by molar-refractivity contribution is 5.53. The third-order valence-electron chi connectivity index (χ3n) is 4.79. The summed E-state index contributed by atoms with van der Waals surface area (Å²) in [6, 6.07) is 4.46. The van der Waals surface area contributed by atoms with E-state index in [4.69, 9.17) is 5.26 Å². The Balaban J connectivity index is 1.57. The van der Waals surface area contributed by atoms with Crippen molar-refractivity contribution in [3.8, 4) is 6.07 Å². The van der Waals surface area contributed by atoms with Crippen molar-refractivity contribution in [2.75, 3.05) is 22.9 Å². The summed E-state index contributed by atoms with van der Waals surface area (Å²) in [5.74, 6) is 1.69. The van der Waals surface area contributed by atoms with Crippen molar-refractivity contribution in [3.05, 3.63) is 35.5 Å². The van der Waals surface area contributed by atoms with Crippen LogP contribution in [0.2, 0.25) is 0 Å². The second kappa shape index (κ2) is 5.16. The molecule has 23 heavy (non-hydrogen) atoms. The number of aromatic nitrogens is 4. The van der Waals surface area contributed by atoms with Gasteiger partial charge in [-0.25, -0.2) is 19.9 Å². The van der Waals surface area contributed by atoms with Crippen molar-refractivity contribution < 1.29 is 0 Å². The lowest BCUT2D eigenvalue weighted by Gasteiger charge is -2.56. The predicted octanol–water partition coefficient (Wildman–Crippen LogP) is 1.22. The standard InChI is InChI=1S/C16H17N7/c1-10-11(2)19-9-20-15(10)22-7-13-5-14(8-22)23(13)16-18-4-3-12(6-17)21-16/h3-4,9,13-14H,5,7-8H2,1-2H3. The molecule has 116 valence electrons. The quantitative estimate of drug-likeness (QED) is 0.825. The summed E-state index contributed by atoms with van der Waals surface area (Å²) < 4.78 is 0. The van der Waals surface area contributed by atoms with Gasteiger partial charge in [-0.05, 0) is 26.3 Å². The van der Waals surface area contributed by atoms with E-state index >= 15 is 0 Å². The number of piperazine rings is 1. The highest BCUT2D eigenvalue weighted by atomic mass is 15.4. The molecule has 0 spiro atoms. The SMILES string of the molecule is Cc1ncnc(N2CC3CC(C2)N3c2nccc(C#N)n2)c1C. The zero-order valence-corrected chi connectivity index (χ0v) is 13.1. The van der Waals surface area contributed by atoms with E-state index in [9.17, 15) is 0 Å². The fourth-order valence-corrected chi connectivity index (χ4v) is 3.49. The van der Waals surface area contributed by atoms with Crippen LogP contribution in [0.1, 0.15) is 23.4 Å². The topological polar surface area (TPSA) is 81.8 Å². The molecule has 2 aromatic rings. The molecule has 0 aromatic carbocycles. The Morgan fingerprint density at radius 2 is 1.96 bits per heavy atom. The van der Waals surface area contributed by atoms with Crippen LogP contribution in [0, 0.1) is 25.2 Å². The van der Waals surface area contributed by atoms with Gasteiger partial charge in [0.2, 0.25) is 5.95 Å². The van der Waals surface area contributed by atoms with Gasteiger partial charge in [0.1, 0.15) is 23.9 Å². The molecule has 2 aromatic heterocycles. The summed E-state index contributed by atoms with van der Waals surface area (Å²) in [6.07, 6.45) is 4.43. The minimum Gasteiger partial charge on any atom is -0.352 e. The Morgan fingerprint density at radius 1 is 1.17 bits per heavy atom. The van der Waals surface area contributed by atoms with Crippen LogP contribution < -0.4 is 9.80 Å². The van der Waals surface area contributed by atoms with Crippen LogP contribution in [0.15, 0.2) is 18.6 Å². The van der Waals surface area contributed by atoms with Gasteiger partial charge >= 0.3 is 0 Å². The van der Waals surface area contributed by atoms with Crippen molar-refractivity contribution in [1.29, 1.82) is 5.26 Å². The van der Waals surface area contributed by atoms with E-state index in [2.05, 4.69) is 42.7 Å². The van der Waals surface area contributed by atoms with Gasteiger partial charge in [0.25, 0.3) is 0 Å². The molecule has 0 aliphatic carbocycles. The summed E-state index contributed by atoms with van der Waals surface area (Å²) >= 11 is 0. The third kappa shape index (κ3) is 2.18. The van der Waals surface area contributed by atoms with E-state index in [-0.39, 0.29) is 0 Å². The molecule has 2 unspecified atom stereocenters. The Hall–Kier alpha value is -2.75. The molecule has 0 radical (unpaired) electrons. The van der Waals surface area contributed by atoms with Gasteiger partial charge in [0, 0.05) is 30.5 Å². The van der Waals surface area contributed by atoms with Gasteiger partial charge in [-0.1, -0.05) is 0 Å². The zero-order chi connectivity index (χ0) is 16.0. The number of hydrogen-bond acceptors (Lipinski definition) is 7. The first-order chi connectivity index (χ1) is 11.2. The maximum atomic E-state index is 9.00. The minimum absolute atomic E-state index is 0.373. The van der Waals surface area contributed by atoms with Gasteiger partial charge in [0.05, 0.1) is 12.1 Å². The molecule has 2 bridgehead atoms. The first-order valence-corrected chi connectivity index (χ1v) is 7.72. The Morgan fingerprint density at radius 3 is 2.70 bits per heavy atom. The number of nitrogens with zero attached hydrogens (tertiary/aromatic N) is 7. The molecular weight excluding hydrogens is 290 g/mol. The summed E-state index contributed by atoms with van der Waals surface area (Å²) in [7, 11) is 0. The molecule has 7 heteroatoms. The van der Waals surface area contributed by atoms with Crippen LogP contribution in [0.3, 0.4) is 0 Å². The van der Waals surface area contributed by atoms with Crippen molar-refractivity contribution in [2.24, 2.45) is 0 Å². The highest BCUT2D eigenvalue weighted by Gasteiger charge is 2.46. The molecule has 3 aliphatic rings. The van der Waals surface area contributed by atoms with E-state index in [1.807, 2.05) is 6.92 Å². The Labute approximate surface area is 134 Å². The van der Waals surface area contributed by atoms with E-state index in [0.717, 1.165) is 36.6 Å². The average molecular weight is 307 g/mol. The predicted molar refractivity (Wildman–Crippen MR) is 85.1 cm³/mol.